The number of rotatable bonds is 13. The van der Waals surface area contributed by atoms with Crippen LogP contribution in [0.25, 0.3) is 0 Å². The Kier molecular flexibility index (Phi) is 11.9. The fraction of sp³-hybridized carbons (Fsp3) is 0.611. The Morgan fingerprint density at radius 3 is 2.43 bits per heavy atom. The smallest absolute Gasteiger partial charge is 0.407 e. The monoisotopic (exact) mass is 323 g/mol. The number of nitrogens with one attached hydrogen (secondary N) is 1. The van der Waals surface area contributed by atoms with E-state index in [0.29, 0.717) is 26.4 Å². The third kappa shape index (κ3) is 11.6. The van der Waals surface area contributed by atoms with Crippen molar-refractivity contribution < 1.29 is 19.0 Å². The lowest BCUT2D eigenvalue weighted by molar-refractivity contribution is 0.0467. The molecule has 0 radical (unpaired) electrons. The highest BCUT2D eigenvalue weighted by atomic mass is 16.5. The van der Waals surface area contributed by atoms with Gasteiger partial charge in [-0.25, -0.2) is 4.79 Å². The Bertz CT molecular complexity index is 397. The van der Waals surface area contributed by atoms with E-state index in [9.17, 15) is 4.79 Å². The molecule has 0 bridgehead atoms. The van der Waals surface area contributed by atoms with Gasteiger partial charge in [0.2, 0.25) is 0 Å². The molecule has 23 heavy (non-hydrogen) atoms. The van der Waals surface area contributed by atoms with Crippen molar-refractivity contribution in [3.8, 4) is 0 Å². The number of ether oxygens (including phenoxy) is 3. The molecule has 0 spiro atoms. The summed E-state index contributed by atoms with van der Waals surface area (Å²) in [5, 5.41) is 2.65. The van der Waals surface area contributed by atoms with Gasteiger partial charge in [-0.05, 0) is 12.0 Å². The molecule has 0 heterocycles. The number of unbranched alkanes of at least 4 members (excludes halogenated alkanes) is 3. The van der Waals surface area contributed by atoms with Crippen molar-refractivity contribution in [2.45, 2.75) is 39.2 Å². The zero-order chi connectivity index (χ0) is 16.6. The Morgan fingerprint density at radius 1 is 0.957 bits per heavy atom. The minimum absolute atomic E-state index is 0.277. The normalized spacial score (nSPS) is 10.5. The van der Waals surface area contributed by atoms with Crippen LogP contribution in [0.2, 0.25) is 0 Å². The summed E-state index contributed by atoms with van der Waals surface area (Å²) >= 11 is 0. The Labute approximate surface area is 139 Å². The van der Waals surface area contributed by atoms with E-state index in [4.69, 9.17) is 14.2 Å². The highest BCUT2D eigenvalue weighted by Crippen LogP contribution is 2.00. The molecular weight excluding hydrogens is 294 g/mol. The van der Waals surface area contributed by atoms with E-state index < -0.39 is 6.09 Å². The second kappa shape index (κ2) is 14.0. The lowest BCUT2D eigenvalue weighted by Gasteiger charge is -2.08. The molecule has 1 rings (SSSR count). The third-order valence-corrected chi connectivity index (χ3v) is 3.24. The largest absolute Gasteiger partial charge is 0.445 e. The molecule has 1 amide bonds. The lowest BCUT2D eigenvalue weighted by Crippen LogP contribution is -2.28. The Morgan fingerprint density at radius 2 is 1.70 bits per heavy atom. The van der Waals surface area contributed by atoms with Crippen molar-refractivity contribution in [1.82, 2.24) is 5.32 Å². The second-order valence-electron chi connectivity index (χ2n) is 5.27. The van der Waals surface area contributed by atoms with Gasteiger partial charge in [0.15, 0.2) is 0 Å². The lowest BCUT2D eigenvalue weighted by atomic mass is 10.2. The van der Waals surface area contributed by atoms with E-state index in [1.807, 2.05) is 30.3 Å². The SMILES string of the molecule is CCCCCCOCCOCCNC(=O)OCc1ccccc1. The van der Waals surface area contributed by atoms with Gasteiger partial charge in [-0.15, -0.1) is 0 Å². The third-order valence-electron chi connectivity index (χ3n) is 3.24. The zero-order valence-corrected chi connectivity index (χ0v) is 14.1. The summed E-state index contributed by atoms with van der Waals surface area (Å²) in [6, 6.07) is 9.58. The maximum Gasteiger partial charge on any atom is 0.407 e. The fourth-order valence-electron chi connectivity index (χ4n) is 1.95. The van der Waals surface area contributed by atoms with Crippen LogP contribution in [-0.2, 0) is 20.8 Å². The molecule has 0 saturated carbocycles. The quantitative estimate of drug-likeness (QED) is 0.564. The van der Waals surface area contributed by atoms with Gasteiger partial charge in [-0.3, -0.25) is 0 Å². The molecule has 0 aliphatic rings. The highest BCUT2D eigenvalue weighted by molar-refractivity contribution is 5.67. The molecule has 1 aromatic carbocycles. The summed E-state index contributed by atoms with van der Waals surface area (Å²) in [5.41, 5.74) is 0.968. The molecule has 0 fully saturated rings. The molecule has 0 atom stereocenters. The zero-order valence-electron chi connectivity index (χ0n) is 14.1. The summed E-state index contributed by atoms with van der Waals surface area (Å²) in [6.45, 7) is 5.32. The van der Waals surface area contributed by atoms with E-state index in [-0.39, 0.29) is 6.61 Å². The molecule has 0 aliphatic heterocycles. The van der Waals surface area contributed by atoms with Gasteiger partial charge in [0.25, 0.3) is 0 Å². The van der Waals surface area contributed by atoms with Gasteiger partial charge in [-0.2, -0.15) is 0 Å². The first-order valence-corrected chi connectivity index (χ1v) is 8.43. The predicted molar refractivity (Wildman–Crippen MR) is 90.4 cm³/mol. The number of benzene rings is 1. The maximum absolute atomic E-state index is 11.5. The summed E-state index contributed by atoms with van der Waals surface area (Å²) in [6.07, 6.45) is 4.43. The van der Waals surface area contributed by atoms with Crippen molar-refractivity contribution in [3.63, 3.8) is 0 Å². The summed E-state index contributed by atoms with van der Waals surface area (Å²) in [4.78, 5) is 11.5. The first-order valence-electron chi connectivity index (χ1n) is 8.43. The van der Waals surface area contributed by atoms with Crippen LogP contribution in [0.15, 0.2) is 30.3 Å². The van der Waals surface area contributed by atoms with E-state index in [1.54, 1.807) is 0 Å². The van der Waals surface area contributed by atoms with Crippen LogP contribution in [0, 0.1) is 0 Å². The Balaban J connectivity index is 1.84. The second-order valence-corrected chi connectivity index (χ2v) is 5.27. The molecule has 0 saturated heterocycles. The average Bonchev–Trinajstić information content (AvgIpc) is 2.59. The van der Waals surface area contributed by atoms with Crippen LogP contribution in [0.3, 0.4) is 0 Å². The summed E-state index contributed by atoms with van der Waals surface area (Å²) < 4.78 is 15.9. The molecule has 0 unspecified atom stereocenters. The van der Waals surface area contributed by atoms with Crippen LogP contribution >= 0.6 is 0 Å². The Hall–Kier alpha value is -1.59. The minimum Gasteiger partial charge on any atom is -0.445 e. The molecule has 0 aromatic heterocycles. The van der Waals surface area contributed by atoms with Crippen LogP contribution < -0.4 is 5.32 Å². The van der Waals surface area contributed by atoms with E-state index in [0.717, 1.165) is 18.6 Å². The van der Waals surface area contributed by atoms with Crippen LogP contribution in [0.4, 0.5) is 4.79 Å². The first kappa shape index (κ1) is 19.5. The van der Waals surface area contributed by atoms with Crippen molar-refractivity contribution >= 4 is 6.09 Å². The molecule has 5 nitrogen and oxygen atoms in total. The van der Waals surface area contributed by atoms with E-state index in [2.05, 4.69) is 12.2 Å². The average molecular weight is 323 g/mol. The van der Waals surface area contributed by atoms with Crippen LogP contribution in [0.1, 0.15) is 38.2 Å². The van der Waals surface area contributed by atoms with Crippen molar-refractivity contribution in [2.75, 3.05) is 33.0 Å². The predicted octanol–water partition coefficient (Wildman–Crippen LogP) is 3.53. The van der Waals surface area contributed by atoms with Crippen molar-refractivity contribution in [3.05, 3.63) is 35.9 Å². The van der Waals surface area contributed by atoms with Gasteiger partial charge >= 0.3 is 6.09 Å². The number of hydrogen-bond acceptors (Lipinski definition) is 4. The molecule has 1 aromatic rings. The first-order chi connectivity index (χ1) is 11.3. The standard InChI is InChI=1S/C18H29NO4/c1-2-3-4-8-12-21-14-15-22-13-11-19-18(20)23-16-17-9-6-5-7-10-17/h5-7,9-10H,2-4,8,11-16H2,1H3,(H,19,20). The van der Waals surface area contributed by atoms with Gasteiger partial charge < -0.3 is 19.5 Å². The van der Waals surface area contributed by atoms with Crippen LogP contribution in [0.5, 0.6) is 0 Å². The molecule has 5 heteroatoms. The number of carbonyl (C=O) groups is 1. The topological polar surface area (TPSA) is 56.8 Å². The van der Waals surface area contributed by atoms with E-state index in [1.165, 1.54) is 19.3 Å². The van der Waals surface area contributed by atoms with Crippen molar-refractivity contribution in [1.29, 1.82) is 0 Å². The number of hydrogen-bond donors (Lipinski definition) is 1. The molecular formula is C18H29NO4. The van der Waals surface area contributed by atoms with Gasteiger partial charge in [0.1, 0.15) is 6.61 Å². The fourth-order valence-corrected chi connectivity index (χ4v) is 1.95. The maximum atomic E-state index is 11.5. The molecule has 130 valence electrons. The number of alkyl carbamates (subject to hydrolysis) is 1. The van der Waals surface area contributed by atoms with E-state index >= 15 is 0 Å². The summed E-state index contributed by atoms with van der Waals surface area (Å²) in [7, 11) is 0. The van der Waals surface area contributed by atoms with Gasteiger partial charge in [0.05, 0.1) is 19.8 Å². The van der Waals surface area contributed by atoms with Gasteiger partial charge in [-0.1, -0.05) is 56.5 Å². The van der Waals surface area contributed by atoms with Crippen LogP contribution in [-0.4, -0.2) is 39.1 Å². The molecule has 0 aliphatic carbocycles. The highest BCUT2D eigenvalue weighted by Gasteiger charge is 2.01. The van der Waals surface area contributed by atoms with Crippen molar-refractivity contribution in [2.24, 2.45) is 0 Å². The number of amides is 1. The van der Waals surface area contributed by atoms with Gasteiger partial charge in [0, 0.05) is 13.2 Å². The molecule has 1 N–H and O–H groups in total. The minimum atomic E-state index is -0.426. The number of carbonyl (C=O) groups excluding carboxylic acids is 1. The summed E-state index contributed by atoms with van der Waals surface area (Å²) in [5.74, 6) is 0.